The summed E-state index contributed by atoms with van der Waals surface area (Å²) in [7, 11) is -2.31. The first-order valence-corrected chi connectivity index (χ1v) is 11.3. The molecule has 158 valence electrons. The van der Waals surface area contributed by atoms with Gasteiger partial charge in [0, 0.05) is 19.3 Å². The molecule has 0 aliphatic rings. The van der Waals surface area contributed by atoms with E-state index < -0.39 is 10.0 Å². The fourth-order valence-electron chi connectivity index (χ4n) is 2.99. The molecule has 0 bridgehead atoms. The van der Waals surface area contributed by atoms with Crippen molar-refractivity contribution >= 4 is 21.6 Å². The predicted octanol–water partition coefficient (Wildman–Crippen LogP) is 3.40. The second kappa shape index (κ2) is 10.0. The molecule has 29 heavy (non-hydrogen) atoms. The van der Waals surface area contributed by atoms with Gasteiger partial charge in [-0.15, -0.1) is 0 Å². The second-order valence-corrected chi connectivity index (χ2v) is 9.26. The van der Waals surface area contributed by atoms with Gasteiger partial charge in [0.25, 0.3) is 0 Å². The molecule has 0 spiro atoms. The summed E-state index contributed by atoms with van der Waals surface area (Å²) < 4.78 is 26.6. The molecule has 2 rings (SSSR count). The van der Waals surface area contributed by atoms with Gasteiger partial charge in [-0.25, -0.2) is 8.42 Å². The number of benzene rings is 2. The van der Waals surface area contributed by atoms with Crippen LogP contribution < -0.4 is 5.32 Å². The molecule has 0 aliphatic carbocycles. The molecular weight excluding hydrogens is 386 g/mol. The first kappa shape index (κ1) is 23.1. The molecule has 7 heteroatoms. The Morgan fingerprint density at radius 3 is 2.31 bits per heavy atom. The number of carbonyl (C=O) groups excluding carboxylic acids is 1. The van der Waals surface area contributed by atoms with Gasteiger partial charge in [0.2, 0.25) is 15.9 Å². The number of nitrogens with one attached hydrogen (secondary N) is 1. The lowest BCUT2D eigenvalue weighted by Crippen LogP contribution is -2.35. The Balaban J connectivity index is 2.05. The van der Waals surface area contributed by atoms with Crippen LogP contribution in [-0.4, -0.2) is 50.2 Å². The summed E-state index contributed by atoms with van der Waals surface area (Å²) in [5.41, 5.74) is 3.68. The number of likely N-dealkylation sites (N-methyl/N-ethyl adjacent to an activating group) is 1. The third kappa shape index (κ3) is 6.13. The molecule has 1 N–H and O–H groups in total. The number of aryl methyl sites for hydroxylation is 2. The van der Waals surface area contributed by atoms with Crippen molar-refractivity contribution in [2.24, 2.45) is 0 Å². The number of rotatable bonds is 9. The maximum absolute atomic E-state index is 12.8. The molecule has 0 fully saturated rings. The third-order valence-corrected chi connectivity index (χ3v) is 6.86. The fourth-order valence-corrected chi connectivity index (χ4v) is 4.21. The summed E-state index contributed by atoms with van der Waals surface area (Å²) in [6.07, 6.45) is 0. The molecule has 1 amide bonds. The van der Waals surface area contributed by atoms with Crippen LogP contribution in [0.1, 0.15) is 30.5 Å². The van der Waals surface area contributed by atoms with E-state index in [9.17, 15) is 13.2 Å². The summed E-state index contributed by atoms with van der Waals surface area (Å²) in [5, 5.41) is 2.80. The average Bonchev–Trinajstić information content (AvgIpc) is 2.68. The highest BCUT2D eigenvalue weighted by atomic mass is 32.2. The van der Waals surface area contributed by atoms with Crippen LogP contribution in [0, 0.1) is 13.8 Å². The number of anilines is 1. The van der Waals surface area contributed by atoms with Crippen molar-refractivity contribution in [2.45, 2.75) is 39.1 Å². The molecule has 0 radical (unpaired) electrons. The van der Waals surface area contributed by atoms with E-state index in [1.807, 2.05) is 38.1 Å². The highest BCUT2D eigenvalue weighted by Crippen LogP contribution is 2.18. The quantitative estimate of drug-likeness (QED) is 0.679. The molecule has 0 saturated carbocycles. The molecule has 2 aromatic rings. The van der Waals surface area contributed by atoms with Gasteiger partial charge < -0.3 is 5.32 Å². The van der Waals surface area contributed by atoms with Crippen molar-refractivity contribution in [1.29, 1.82) is 0 Å². The number of amides is 1. The summed E-state index contributed by atoms with van der Waals surface area (Å²) in [4.78, 5) is 14.9. The van der Waals surface area contributed by atoms with Crippen LogP contribution in [-0.2, 0) is 21.4 Å². The van der Waals surface area contributed by atoms with E-state index in [-0.39, 0.29) is 17.3 Å². The Kier molecular flexibility index (Phi) is 7.96. The lowest BCUT2D eigenvalue weighted by Gasteiger charge is -2.19. The zero-order valence-corrected chi connectivity index (χ0v) is 18.7. The van der Waals surface area contributed by atoms with E-state index in [4.69, 9.17) is 0 Å². The first-order chi connectivity index (χ1) is 13.7. The summed E-state index contributed by atoms with van der Waals surface area (Å²) in [5.74, 6) is -0.375. The van der Waals surface area contributed by atoms with Crippen molar-refractivity contribution in [1.82, 2.24) is 9.21 Å². The smallest absolute Gasteiger partial charge is 0.243 e. The molecule has 0 aliphatic heterocycles. The third-order valence-electron chi connectivity index (χ3n) is 5.06. The van der Waals surface area contributed by atoms with Crippen molar-refractivity contribution in [3.05, 3.63) is 59.2 Å². The van der Waals surface area contributed by atoms with Crippen LogP contribution in [0.5, 0.6) is 0 Å². The average molecular weight is 418 g/mol. The van der Waals surface area contributed by atoms with Crippen LogP contribution in [0.3, 0.4) is 0 Å². The Labute approximate surface area is 174 Å². The van der Waals surface area contributed by atoms with E-state index in [0.29, 0.717) is 5.69 Å². The molecule has 2 aromatic carbocycles. The Bertz CT molecular complexity index is 954. The normalized spacial score (nSPS) is 11.8. The largest absolute Gasteiger partial charge is 0.325 e. The van der Waals surface area contributed by atoms with Crippen LogP contribution in [0.4, 0.5) is 5.69 Å². The van der Waals surface area contributed by atoms with Crippen molar-refractivity contribution in [3.8, 4) is 0 Å². The molecule has 0 saturated heterocycles. The minimum atomic E-state index is -3.73. The predicted molar refractivity (Wildman–Crippen MR) is 117 cm³/mol. The number of hydrogen-bond acceptors (Lipinski definition) is 4. The minimum Gasteiger partial charge on any atom is -0.325 e. The van der Waals surface area contributed by atoms with Crippen molar-refractivity contribution in [3.63, 3.8) is 0 Å². The van der Waals surface area contributed by atoms with E-state index >= 15 is 0 Å². The maximum atomic E-state index is 12.8. The number of carbonyl (C=O) groups is 1. The van der Waals surface area contributed by atoms with Gasteiger partial charge in [-0.2, -0.15) is 4.31 Å². The maximum Gasteiger partial charge on any atom is 0.243 e. The molecule has 0 unspecified atom stereocenters. The summed E-state index contributed by atoms with van der Waals surface area (Å²) >= 11 is 0. The summed E-state index contributed by atoms with van der Waals surface area (Å²) in [6, 6.07) is 12.6. The lowest BCUT2D eigenvalue weighted by molar-refractivity contribution is -0.116. The SMILES string of the molecule is CCN(CC)Cc1cccc(NC(=O)CN(C)S(=O)(=O)c2ccc(C)c(C)c2)c1. The molecule has 6 nitrogen and oxygen atoms in total. The van der Waals surface area contributed by atoms with Crippen molar-refractivity contribution in [2.75, 3.05) is 32.0 Å². The monoisotopic (exact) mass is 417 g/mol. The standard InChI is InChI=1S/C22H31N3O3S/c1-6-25(7-2)15-19-9-8-10-20(14-19)23-22(26)16-24(5)29(27,28)21-12-11-17(3)18(4)13-21/h8-14H,6-7,15-16H2,1-5H3,(H,23,26). The van der Waals surface area contributed by atoms with Gasteiger partial charge in [0.05, 0.1) is 11.4 Å². The van der Waals surface area contributed by atoms with E-state index in [0.717, 1.165) is 40.6 Å². The van der Waals surface area contributed by atoms with Crippen LogP contribution >= 0.6 is 0 Å². The highest BCUT2D eigenvalue weighted by molar-refractivity contribution is 7.89. The van der Waals surface area contributed by atoms with Crippen LogP contribution in [0.25, 0.3) is 0 Å². The van der Waals surface area contributed by atoms with Crippen LogP contribution in [0.15, 0.2) is 47.4 Å². The first-order valence-electron chi connectivity index (χ1n) is 9.82. The Hall–Kier alpha value is -2.22. The Morgan fingerprint density at radius 2 is 1.69 bits per heavy atom. The number of nitrogens with zero attached hydrogens (tertiary/aromatic N) is 2. The van der Waals surface area contributed by atoms with Gasteiger partial charge in [-0.05, 0) is 67.9 Å². The molecule has 0 aromatic heterocycles. The zero-order chi connectivity index (χ0) is 21.6. The van der Waals surface area contributed by atoms with Gasteiger partial charge in [-0.3, -0.25) is 9.69 Å². The highest BCUT2D eigenvalue weighted by Gasteiger charge is 2.23. The summed E-state index contributed by atoms with van der Waals surface area (Å²) in [6.45, 7) is 10.5. The molecular formula is C22H31N3O3S. The topological polar surface area (TPSA) is 69.7 Å². The van der Waals surface area contributed by atoms with E-state index in [2.05, 4.69) is 24.1 Å². The fraction of sp³-hybridized carbons (Fsp3) is 0.409. The lowest BCUT2D eigenvalue weighted by atomic mass is 10.1. The van der Waals surface area contributed by atoms with Gasteiger partial charge in [-0.1, -0.05) is 32.0 Å². The van der Waals surface area contributed by atoms with Gasteiger partial charge >= 0.3 is 0 Å². The minimum absolute atomic E-state index is 0.192. The van der Waals surface area contributed by atoms with Gasteiger partial charge in [0.1, 0.15) is 0 Å². The number of hydrogen-bond donors (Lipinski definition) is 1. The second-order valence-electron chi connectivity index (χ2n) is 7.22. The van der Waals surface area contributed by atoms with E-state index in [1.165, 1.54) is 7.05 Å². The van der Waals surface area contributed by atoms with Gasteiger partial charge in [0.15, 0.2) is 0 Å². The Morgan fingerprint density at radius 1 is 1.00 bits per heavy atom. The zero-order valence-electron chi connectivity index (χ0n) is 17.9. The van der Waals surface area contributed by atoms with Crippen LogP contribution in [0.2, 0.25) is 0 Å². The van der Waals surface area contributed by atoms with Crippen molar-refractivity contribution < 1.29 is 13.2 Å². The number of sulfonamides is 1. The molecule has 0 atom stereocenters. The molecule has 0 heterocycles. The van der Waals surface area contributed by atoms with E-state index in [1.54, 1.807) is 18.2 Å².